The van der Waals surface area contributed by atoms with Crippen molar-refractivity contribution >= 4 is 22.0 Å². The Kier molecular flexibility index (Phi) is 6.61. The maximum atomic E-state index is 13.4. The molecule has 2 aliphatic rings. The van der Waals surface area contributed by atoms with Crippen molar-refractivity contribution in [1.29, 1.82) is 0 Å². The number of ether oxygens (including phenoxy) is 2. The second kappa shape index (κ2) is 9.44. The molecule has 33 heavy (non-hydrogen) atoms. The van der Waals surface area contributed by atoms with Crippen molar-refractivity contribution in [3.63, 3.8) is 0 Å². The highest BCUT2D eigenvalue weighted by Gasteiger charge is 2.36. The summed E-state index contributed by atoms with van der Waals surface area (Å²) in [4.78, 5) is 14.7. The monoisotopic (exact) mass is 476 g/mol. The zero-order valence-electron chi connectivity index (χ0n) is 18.9. The summed E-state index contributed by atoms with van der Waals surface area (Å²) in [7, 11) is -0.222. The SMILES string of the molecule is Cc1noc(/C=C/N(C)C)c1S(=O)(=O)N1CCC[C@H](C(=O)NCc2ccc3c(c2)OCO3)C1. The third-order valence-corrected chi connectivity index (χ3v) is 7.64. The second-order valence-corrected chi connectivity index (χ2v) is 10.2. The molecule has 0 spiro atoms. The Morgan fingerprint density at radius 2 is 2.09 bits per heavy atom. The van der Waals surface area contributed by atoms with Gasteiger partial charge in [0.25, 0.3) is 0 Å². The number of nitrogens with zero attached hydrogens (tertiary/aromatic N) is 3. The van der Waals surface area contributed by atoms with E-state index in [1.54, 1.807) is 24.1 Å². The Hall–Kier alpha value is -3.05. The first-order chi connectivity index (χ1) is 15.8. The van der Waals surface area contributed by atoms with Gasteiger partial charge >= 0.3 is 0 Å². The van der Waals surface area contributed by atoms with E-state index in [1.165, 1.54) is 4.31 Å². The van der Waals surface area contributed by atoms with Crippen molar-refractivity contribution in [3.05, 3.63) is 41.4 Å². The molecule has 1 fully saturated rings. The van der Waals surface area contributed by atoms with E-state index in [0.717, 1.165) is 5.56 Å². The molecule has 0 aliphatic carbocycles. The number of fused-ring (bicyclic) bond motifs is 1. The molecule has 1 amide bonds. The van der Waals surface area contributed by atoms with Crippen molar-refractivity contribution in [2.45, 2.75) is 31.2 Å². The highest BCUT2D eigenvalue weighted by atomic mass is 32.2. The molecular weight excluding hydrogens is 448 g/mol. The molecule has 1 aromatic heterocycles. The first kappa shape index (κ1) is 23.1. The molecule has 4 rings (SSSR count). The Bertz CT molecular complexity index is 1160. The number of rotatable bonds is 7. The number of aromatic nitrogens is 1. The minimum Gasteiger partial charge on any atom is -0.454 e. The largest absolute Gasteiger partial charge is 0.454 e. The van der Waals surface area contributed by atoms with E-state index in [0.29, 0.717) is 43.1 Å². The number of hydrogen-bond donors (Lipinski definition) is 1. The summed E-state index contributed by atoms with van der Waals surface area (Å²) in [6, 6.07) is 5.50. The predicted octanol–water partition coefficient (Wildman–Crippen LogP) is 1.96. The average Bonchev–Trinajstić information content (AvgIpc) is 3.42. The van der Waals surface area contributed by atoms with Crippen LogP contribution in [-0.2, 0) is 21.4 Å². The number of benzene rings is 1. The van der Waals surface area contributed by atoms with Gasteiger partial charge in [0.2, 0.25) is 22.7 Å². The van der Waals surface area contributed by atoms with Crippen LogP contribution in [0.15, 0.2) is 33.8 Å². The number of hydrogen-bond acceptors (Lipinski definition) is 8. The normalized spacial score (nSPS) is 18.6. The topological polar surface area (TPSA) is 114 Å². The molecule has 1 aromatic carbocycles. The van der Waals surface area contributed by atoms with Gasteiger partial charge in [0.1, 0.15) is 5.69 Å². The van der Waals surface area contributed by atoms with Crippen LogP contribution in [0.5, 0.6) is 11.5 Å². The van der Waals surface area contributed by atoms with Gasteiger partial charge < -0.3 is 24.2 Å². The van der Waals surface area contributed by atoms with E-state index in [4.69, 9.17) is 14.0 Å². The molecular formula is C22H28N4O6S. The molecule has 1 atom stereocenters. The van der Waals surface area contributed by atoms with E-state index in [-0.39, 0.29) is 29.9 Å². The first-order valence-corrected chi connectivity index (χ1v) is 12.2. The van der Waals surface area contributed by atoms with Crippen LogP contribution < -0.4 is 14.8 Å². The van der Waals surface area contributed by atoms with Crippen LogP contribution in [0.4, 0.5) is 0 Å². The van der Waals surface area contributed by atoms with E-state index >= 15 is 0 Å². The number of nitrogens with one attached hydrogen (secondary N) is 1. The molecule has 1 saturated heterocycles. The van der Waals surface area contributed by atoms with Crippen molar-refractivity contribution in [2.75, 3.05) is 34.0 Å². The first-order valence-electron chi connectivity index (χ1n) is 10.7. The summed E-state index contributed by atoms with van der Waals surface area (Å²) in [6.07, 6.45) is 4.48. The van der Waals surface area contributed by atoms with Gasteiger partial charge in [-0.2, -0.15) is 4.31 Å². The van der Waals surface area contributed by atoms with Gasteiger partial charge in [0, 0.05) is 46.0 Å². The second-order valence-electron chi connectivity index (χ2n) is 8.35. The van der Waals surface area contributed by atoms with Gasteiger partial charge in [0.05, 0.1) is 5.92 Å². The Morgan fingerprint density at radius 1 is 1.30 bits per heavy atom. The number of aryl methyl sites for hydroxylation is 1. The van der Waals surface area contributed by atoms with Gasteiger partial charge in [-0.1, -0.05) is 11.2 Å². The van der Waals surface area contributed by atoms with E-state index in [2.05, 4.69) is 10.5 Å². The van der Waals surface area contributed by atoms with Crippen molar-refractivity contribution in [1.82, 2.24) is 19.7 Å². The quantitative estimate of drug-likeness (QED) is 0.645. The molecule has 2 aliphatic heterocycles. The predicted molar refractivity (Wildman–Crippen MR) is 120 cm³/mol. The summed E-state index contributed by atoms with van der Waals surface area (Å²) < 4.78 is 44.1. The van der Waals surface area contributed by atoms with E-state index < -0.39 is 15.9 Å². The lowest BCUT2D eigenvalue weighted by atomic mass is 9.98. The number of carbonyl (C=O) groups is 1. The van der Waals surface area contributed by atoms with Gasteiger partial charge in [-0.3, -0.25) is 4.79 Å². The Morgan fingerprint density at radius 3 is 2.88 bits per heavy atom. The van der Waals surface area contributed by atoms with Crippen LogP contribution in [0, 0.1) is 12.8 Å². The van der Waals surface area contributed by atoms with Crippen molar-refractivity contribution in [2.24, 2.45) is 5.92 Å². The maximum Gasteiger partial charge on any atom is 0.248 e. The summed E-state index contributed by atoms with van der Waals surface area (Å²) in [5.41, 5.74) is 1.17. The Balaban J connectivity index is 1.43. The molecule has 0 bridgehead atoms. The molecule has 0 radical (unpaired) electrons. The number of amides is 1. The van der Waals surface area contributed by atoms with Crippen LogP contribution in [0.3, 0.4) is 0 Å². The van der Waals surface area contributed by atoms with E-state index in [1.807, 2.05) is 32.3 Å². The van der Waals surface area contributed by atoms with Gasteiger partial charge in [-0.05, 0) is 37.5 Å². The summed E-state index contributed by atoms with van der Waals surface area (Å²) in [5.74, 6) is 0.892. The summed E-state index contributed by atoms with van der Waals surface area (Å²) in [6.45, 7) is 2.56. The van der Waals surface area contributed by atoms with Crippen LogP contribution in [-0.4, -0.2) is 62.7 Å². The minimum absolute atomic E-state index is 0.0435. The van der Waals surface area contributed by atoms with Crippen LogP contribution in [0.1, 0.15) is 29.9 Å². The lowest BCUT2D eigenvalue weighted by Crippen LogP contribution is -2.45. The standard InChI is InChI=1S/C22H28N4O6S/c1-15-21(19(32-24-15)8-10-25(2)3)33(28,29)26-9-4-5-17(13-26)22(27)23-12-16-6-7-18-20(11-16)31-14-30-18/h6-8,10-11,17H,4-5,9,12-14H2,1-3H3,(H,23,27)/b10-8+/t17-/m0/s1. The molecule has 10 nitrogen and oxygen atoms in total. The molecule has 2 aromatic rings. The van der Waals surface area contributed by atoms with Crippen LogP contribution >= 0.6 is 0 Å². The number of piperidine rings is 1. The molecule has 0 saturated carbocycles. The van der Waals surface area contributed by atoms with Crippen molar-refractivity contribution in [3.8, 4) is 11.5 Å². The third kappa shape index (κ3) is 4.98. The zero-order chi connectivity index (χ0) is 23.6. The van der Waals surface area contributed by atoms with Crippen LogP contribution in [0.2, 0.25) is 0 Å². The third-order valence-electron chi connectivity index (χ3n) is 5.61. The fourth-order valence-electron chi connectivity index (χ4n) is 3.90. The fourth-order valence-corrected chi connectivity index (χ4v) is 5.68. The molecule has 3 heterocycles. The average molecular weight is 477 g/mol. The lowest BCUT2D eigenvalue weighted by molar-refractivity contribution is -0.126. The zero-order valence-corrected chi connectivity index (χ0v) is 19.7. The van der Waals surface area contributed by atoms with Gasteiger partial charge in [0.15, 0.2) is 22.2 Å². The maximum absolute atomic E-state index is 13.4. The van der Waals surface area contributed by atoms with Crippen LogP contribution in [0.25, 0.3) is 6.08 Å². The molecule has 178 valence electrons. The fraction of sp³-hybridized carbons (Fsp3) is 0.455. The molecule has 0 unspecified atom stereocenters. The van der Waals surface area contributed by atoms with Crippen molar-refractivity contribution < 1.29 is 27.2 Å². The number of carbonyl (C=O) groups excluding carboxylic acids is 1. The number of sulfonamides is 1. The smallest absolute Gasteiger partial charge is 0.248 e. The lowest BCUT2D eigenvalue weighted by Gasteiger charge is -2.31. The minimum atomic E-state index is -3.87. The Labute approximate surface area is 193 Å². The highest BCUT2D eigenvalue weighted by Crippen LogP contribution is 2.33. The van der Waals surface area contributed by atoms with E-state index in [9.17, 15) is 13.2 Å². The summed E-state index contributed by atoms with van der Waals surface area (Å²) in [5, 5.41) is 6.77. The highest BCUT2D eigenvalue weighted by molar-refractivity contribution is 7.89. The summed E-state index contributed by atoms with van der Waals surface area (Å²) >= 11 is 0. The van der Waals surface area contributed by atoms with Gasteiger partial charge in [-0.25, -0.2) is 8.42 Å². The molecule has 11 heteroatoms. The molecule has 1 N–H and O–H groups in total. The van der Waals surface area contributed by atoms with Gasteiger partial charge in [-0.15, -0.1) is 0 Å².